The minimum Gasteiger partial charge on any atom is -0.394 e. The summed E-state index contributed by atoms with van der Waals surface area (Å²) >= 11 is 0. The molecule has 0 saturated carbocycles. The number of aliphatic hydroxyl groups excluding tert-OH is 4. The van der Waals surface area contributed by atoms with Crippen LogP contribution in [0, 0.1) is 0 Å². The highest BCUT2D eigenvalue weighted by Gasteiger charge is 2.28. The Kier molecular flexibility index (Phi) is 63.1. The van der Waals surface area contributed by atoms with E-state index in [9.17, 15) is 25.2 Å². The summed E-state index contributed by atoms with van der Waals surface area (Å²) in [5.41, 5.74) is 0. The van der Waals surface area contributed by atoms with Crippen molar-refractivity contribution in [3.63, 3.8) is 0 Å². The van der Waals surface area contributed by atoms with Gasteiger partial charge in [-0.2, -0.15) is 0 Å². The molecule has 0 rings (SSSR count). The number of allylic oxidation sites excluding steroid dienone is 6. The molecule has 0 radical (unpaired) electrons. The van der Waals surface area contributed by atoms with Gasteiger partial charge < -0.3 is 25.7 Å². The zero-order valence-electron chi connectivity index (χ0n) is 51.3. The largest absolute Gasteiger partial charge is 0.394 e. The molecule has 0 aliphatic carbocycles. The second-order valence-corrected chi connectivity index (χ2v) is 23.9. The van der Waals surface area contributed by atoms with Gasteiger partial charge in [0.2, 0.25) is 5.91 Å². The molecule has 0 saturated heterocycles. The summed E-state index contributed by atoms with van der Waals surface area (Å²) in [6, 6.07) is -1.01. The molecular weight excluding hydrogens is 935 g/mol. The molecule has 0 heterocycles. The van der Waals surface area contributed by atoms with E-state index in [1.807, 2.05) is 0 Å². The lowest BCUT2D eigenvalue weighted by Gasteiger charge is -2.27. The molecule has 5 N–H and O–H groups in total. The number of rotatable bonds is 64. The van der Waals surface area contributed by atoms with Gasteiger partial charge in [-0.25, -0.2) is 0 Å². The summed E-state index contributed by atoms with van der Waals surface area (Å²) in [4.78, 5) is 12.6. The van der Waals surface area contributed by atoms with E-state index in [2.05, 4.69) is 55.6 Å². The van der Waals surface area contributed by atoms with E-state index in [-0.39, 0.29) is 0 Å². The van der Waals surface area contributed by atoms with Crippen molar-refractivity contribution < 1.29 is 25.2 Å². The van der Waals surface area contributed by atoms with Crippen molar-refractivity contribution in [3.05, 3.63) is 36.5 Å². The molecule has 4 unspecified atom stereocenters. The van der Waals surface area contributed by atoms with Crippen LogP contribution in [0.15, 0.2) is 36.5 Å². The van der Waals surface area contributed by atoms with Crippen LogP contribution in [-0.2, 0) is 4.79 Å². The van der Waals surface area contributed by atoms with Crippen LogP contribution in [0.2, 0.25) is 0 Å². The maximum Gasteiger partial charge on any atom is 0.249 e. The highest BCUT2D eigenvalue weighted by molar-refractivity contribution is 5.80. The van der Waals surface area contributed by atoms with E-state index in [0.717, 1.165) is 51.4 Å². The number of carbonyl (C=O) groups excluding carboxylic acids is 1. The van der Waals surface area contributed by atoms with Gasteiger partial charge in [-0.1, -0.05) is 346 Å². The number of amides is 1. The Morgan fingerprint density at radius 1 is 0.316 bits per heavy atom. The first-order valence-electron chi connectivity index (χ1n) is 34.4. The van der Waals surface area contributed by atoms with Crippen LogP contribution in [-0.4, -0.2) is 57.3 Å². The predicted molar refractivity (Wildman–Crippen MR) is 334 cm³/mol. The fourth-order valence-corrected chi connectivity index (χ4v) is 11.0. The van der Waals surface area contributed by atoms with Crippen molar-refractivity contribution in [1.29, 1.82) is 0 Å². The Morgan fingerprint density at radius 3 is 0.829 bits per heavy atom. The van der Waals surface area contributed by atoms with Crippen molar-refractivity contribution in [2.75, 3.05) is 6.61 Å². The molecule has 6 nitrogen and oxygen atoms in total. The average Bonchev–Trinajstić information content (AvgIpc) is 3.42. The standard InChI is InChI=1S/C70H135NO5/c1-3-5-7-9-11-13-15-17-19-21-23-25-27-29-31-33-34-35-36-38-39-41-43-45-47-49-51-53-55-57-59-61-63-67(73)69(75)66(65-72)71-70(76)68(74)64-62-60-58-56-54-52-50-48-46-44-42-40-37-32-30-28-26-24-22-20-18-16-14-12-10-8-6-4-2/h39,41,47,49,55,57,66-69,72-75H,3-38,40,42-46,48,50-54,56,58-65H2,1-2H3,(H,71,76)/b41-39+,49-47+,57-55+. The number of hydrogen-bond donors (Lipinski definition) is 5. The first kappa shape index (κ1) is 74.5. The Balaban J connectivity index is 3.61. The first-order valence-corrected chi connectivity index (χ1v) is 34.4. The maximum atomic E-state index is 12.6. The van der Waals surface area contributed by atoms with Gasteiger partial charge in [-0.3, -0.25) is 4.79 Å². The molecule has 4 atom stereocenters. The van der Waals surface area contributed by atoms with Gasteiger partial charge in [0.25, 0.3) is 0 Å². The van der Waals surface area contributed by atoms with Gasteiger partial charge in [-0.05, 0) is 64.2 Å². The molecule has 0 spiro atoms. The molecule has 0 aliphatic heterocycles. The third-order valence-corrected chi connectivity index (χ3v) is 16.3. The molecule has 0 aromatic carbocycles. The lowest BCUT2D eigenvalue weighted by Crippen LogP contribution is -2.53. The van der Waals surface area contributed by atoms with Crippen molar-refractivity contribution >= 4 is 5.91 Å². The Morgan fingerprint density at radius 2 is 0.553 bits per heavy atom. The van der Waals surface area contributed by atoms with E-state index in [1.165, 1.54) is 289 Å². The number of nitrogens with one attached hydrogen (secondary N) is 1. The monoisotopic (exact) mass is 1070 g/mol. The minimum absolute atomic E-state index is 0.362. The summed E-state index contributed by atoms with van der Waals surface area (Å²) < 4.78 is 0. The van der Waals surface area contributed by atoms with Crippen molar-refractivity contribution in [2.45, 2.75) is 398 Å². The van der Waals surface area contributed by atoms with Gasteiger partial charge >= 0.3 is 0 Å². The molecule has 1 amide bonds. The highest BCUT2D eigenvalue weighted by atomic mass is 16.3. The van der Waals surface area contributed by atoms with Gasteiger partial charge in [0, 0.05) is 0 Å². The Hall–Kier alpha value is -1.47. The normalized spacial score (nSPS) is 13.7. The van der Waals surface area contributed by atoms with Gasteiger partial charge in [0.1, 0.15) is 12.2 Å². The van der Waals surface area contributed by atoms with Crippen molar-refractivity contribution in [2.24, 2.45) is 0 Å². The molecule has 0 bridgehead atoms. The van der Waals surface area contributed by atoms with Crippen LogP contribution in [0.3, 0.4) is 0 Å². The van der Waals surface area contributed by atoms with Crippen LogP contribution in [0.4, 0.5) is 0 Å². The van der Waals surface area contributed by atoms with E-state index in [0.29, 0.717) is 19.3 Å². The van der Waals surface area contributed by atoms with E-state index >= 15 is 0 Å². The molecule has 0 fully saturated rings. The van der Waals surface area contributed by atoms with Crippen LogP contribution < -0.4 is 5.32 Å². The van der Waals surface area contributed by atoms with Crippen LogP contribution in [0.25, 0.3) is 0 Å². The fourth-order valence-electron chi connectivity index (χ4n) is 11.0. The third kappa shape index (κ3) is 57.2. The molecular formula is C70H135NO5. The molecule has 6 heteroatoms. The highest BCUT2D eigenvalue weighted by Crippen LogP contribution is 2.19. The summed E-state index contributed by atoms with van der Waals surface area (Å²) in [6.07, 6.45) is 82.7. The van der Waals surface area contributed by atoms with E-state index in [4.69, 9.17) is 0 Å². The van der Waals surface area contributed by atoms with Gasteiger partial charge in [-0.15, -0.1) is 0 Å². The minimum atomic E-state index is -1.29. The molecule has 76 heavy (non-hydrogen) atoms. The summed E-state index contributed by atoms with van der Waals surface area (Å²) in [7, 11) is 0. The van der Waals surface area contributed by atoms with Gasteiger partial charge in [0.05, 0.1) is 18.8 Å². The third-order valence-electron chi connectivity index (χ3n) is 16.3. The maximum absolute atomic E-state index is 12.6. The first-order chi connectivity index (χ1) is 37.5. The van der Waals surface area contributed by atoms with Crippen molar-refractivity contribution in [1.82, 2.24) is 5.32 Å². The average molecular weight is 1070 g/mol. The fraction of sp³-hybridized carbons (Fsp3) is 0.900. The number of unbranched alkanes of at least 4 members (excludes halogenated alkanes) is 49. The van der Waals surface area contributed by atoms with Crippen LogP contribution >= 0.6 is 0 Å². The summed E-state index contributed by atoms with van der Waals surface area (Å²) in [5, 5.41) is 44.2. The molecule has 0 aromatic heterocycles. The smallest absolute Gasteiger partial charge is 0.249 e. The Labute approximate surface area is 475 Å². The molecule has 450 valence electrons. The quantitative estimate of drug-likeness (QED) is 0.0308. The lowest BCUT2D eigenvalue weighted by molar-refractivity contribution is -0.132. The molecule has 0 aliphatic rings. The van der Waals surface area contributed by atoms with Crippen LogP contribution in [0.5, 0.6) is 0 Å². The number of aliphatic hydroxyl groups is 4. The zero-order valence-corrected chi connectivity index (χ0v) is 51.3. The lowest BCUT2D eigenvalue weighted by atomic mass is 10.00. The summed E-state index contributed by atoms with van der Waals surface area (Å²) in [6.45, 7) is 4.09. The van der Waals surface area contributed by atoms with E-state index in [1.54, 1.807) is 0 Å². The van der Waals surface area contributed by atoms with Gasteiger partial charge in [0.15, 0.2) is 0 Å². The predicted octanol–water partition coefficient (Wildman–Crippen LogP) is 21.1. The van der Waals surface area contributed by atoms with E-state index < -0.39 is 36.9 Å². The topological polar surface area (TPSA) is 110 Å². The second-order valence-electron chi connectivity index (χ2n) is 23.9. The van der Waals surface area contributed by atoms with Crippen LogP contribution in [0.1, 0.15) is 373 Å². The zero-order chi connectivity index (χ0) is 55.1. The molecule has 0 aromatic rings. The second kappa shape index (κ2) is 64.4. The SMILES string of the molecule is CCCCCCCCCCCCCCCCCCCCC/C=C/CC/C=C/CC/C=C/CCCC(O)C(O)C(CO)NC(=O)C(O)CCCCCCCCCCCCCCCCCCCCCCCCCCCCCC. The number of hydrogen-bond acceptors (Lipinski definition) is 5. The summed E-state index contributed by atoms with van der Waals surface area (Å²) in [5.74, 6) is -0.593. The Bertz CT molecular complexity index is 1200. The van der Waals surface area contributed by atoms with Crippen molar-refractivity contribution in [3.8, 4) is 0 Å². The number of carbonyl (C=O) groups is 1.